The average molecular weight is 418 g/mol. The van der Waals surface area contributed by atoms with Gasteiger partial charge in [0.15, 0.2) is 5.82 Å². The Balaban J connectivity index is 1.85. The third-order valence-electron chi connectivity index (χ3n) is 5.15. The molecule has 1 N–H and O–H groups in total. The number of amides is 1. The molecule has 1 amide bonds. The van der Waals surface area contributed by atoms with Crippen molar-refractivity contribution in [1.29, 1.82) is 0 Å². The van der Waals surface area contributed by atoms with Gasteiger partial charge in [-0.05, 0) is 18.4 Å². The summed E-state index contributed by atoms with van der Waals surface area (Å²) in [5.74, 6) is 3.17. The number of aliphatic imine (C=N–C) groups is 1. The lowest BCUT2D eigenvalue weighted by molar-refractivity contribution is -0.114. The zero-order valence-corrected chi connectivity index (χ0v) is 17.8. The summed E-state index contributed by atoms with van der Waals surface area (Å²) in [4.78, 5) is 18.6. The maximum absolute atomic E-state index is 12.3. The van der Waals surface area contributed by atoms with Gasteiger partial charge in [-0.15, -0.1) is 6.42 Å². The summed E-state index contributed by atoms with van der Waals surface area (Å²) in [6.07, 6.45) is 7.28. The number of carbonyl (C=O) groups excluding carboxylic acids is 1. The van der Waals surface area contributed by atoms with Crippen molar-refractivity contribution in [3.05, 3.63) is 119 Å². The predicted octanol–water partition coefficient (Wildman–Crippen LogP) is 5.08. The largest absolute Gasteiger partial charge is 0.349 e. The fraction of sp³-hybridized carbons (Fsp3) is 0.0714. The lowest BCUT2D eigenvalue weighted by atomic mass is 10.0. The minimum absolute atomic E-state index is 0.428. The average Bonchev–Trinajstić information content (AvgIpc) is 2.85. The topological polar surface area (TPSA) is 44.7 Å². The maximum atomic E-state index is 12.3. The first-order valence-corrected chi connectivity index (χ1v) is 10.4. The van der Waals surface area contributed by atoms with E-state index in [4.69, 9.17) is 11.4 Å². The molecule has 0 aliphatic carbocycles. The molecule has 0 radical (unpaired) electrons. The number of terminal acetylenes is 1. The fourth-order valence-electron chi connectivity index (χ4n) is 3.67. The summed E-state index contributed by atoms with van der Waals surface area (Å²) in [6.45, 7) is 1.96. The monoisotopic (exact) mass is 417 g/mol. The van der Waals surface area contributed by atoms with Crippen molar-refractivity contribution in [3.8, 4) is 12.3 Å². The first-order valence-electron chi connectivity index (χ1n) is 10.4. The van der Waals surface area contributed by atoms with Crippen LogP contribution in [0.25, 0.3) is 11.4 Å². The van der Waals surface area contributed by atoms with Crippen LogP contribution in [0.5, 0.6) is 0 Å². The van der Waals surface area contributed by atoms with E-state index >= 15 is 0 Å². The van der Waals surface area contributed by atoms with Crippen LogP contribution in [0.3, 0.4) is 0 Å². The van der Waals surface area contributed by atoms with Crippen molar-refractivity contribution in [2.24, 2.45) is 4.99 Å². The number of benzene rings is 3. The molecule has 0 spiro atoms. The van der Waals surface area contributed by atoms with E-state index in [1.165, 1.54) is 4.90 Å². The van der Waals surface area contributed by atoms with E-state index < -0.39 is 0 Å². The normalized spacial score (nSPS) is 14.1. The Kier molecular flexibility index (Phi) is 6.29. The minimum Gasteiger partial charge on any atom is -0.349 e. The molecule has 4 rings (SSSR count). The van der Waals surface area contributed by atoms with Crippen LogP contribution in [0.2, 0.25) is 0 Å². The molecular weight excluding hydrogens is 394 g/mol. The molecule has 0 aromatic heterocycles. The molecule has 32 heavy (non-hydrogen) atoms. The minimum atomic E-state index is 0.428. The van der Waals surface area contributed by atoms with Crippen LogP contribution in [0.15, 0.2) is 108 Å². The van der Waals surface area contributed by atoms with Crippen LogP contribution in [-0.2, 0) is 11.2 Å². The summed E-state index contributed by atoms with van der Waals surface area (Å²) >= 11 is 0. The molecule has 4 heteroatoms. The van der Waals surface area contributed by atoms with Gasteiger partial charge in [-0.1, -0.05) is 91.0 Å². The van der Waals surface area contributed by atoms with Crippen LogP contribution in [0.1, 0.15) is 23.6 Å². The van der Waals surface area contributed by atoms with Crippen molar-refractivity contribution < 1.29 is 4.79 Å². The van der Waals surface area contributed by atoms with E-state index in [-0.39, 0.29) is 0 Å². The lowest BCUT2D eigenvalue weighted by Gasteiger charge is -2.31. The van der Waals surface area contributed by atoms with E-state index in [0.29, 0.717) is 23.6 Å². The third-order valence-corrected chi connectivity index (χ3v) is 5.15. The second kappa shape index (κ2) is 9.63. The third kappa shape index (κ3) is 4.38. The van der Waals surface area contributed by atoms with E-state index in [2.05, 4.69) is 23.4 Å². The summed E-state index contributed by atoms with van der Waals surface area (Å²) in [6, 6.07) is 29.7. The van der Waals surface area contributed by atoms with E-state index in [1.54, 1.807) is 0 Å². The van der Waals surface area contributed by atoms with Crippen molar-refractivity contribution in [3.63, 3.8) is 0 Å². The Hall–Kier alpha value is -4.36. The summed E-state index contributed by atoms with van der Waals surface area (Å²) in [5.41, 5.74) is 5.67. The molecule has 0 atom stereocenters. The van der Waals surface area contributed by atoms with Gasteiger partial charge in [0.25, 0.3) is 0 Å². The van der Waals surface area contributed by atoms with Gasteiger partial charge in [0.2, 0.25) is 6.41 Å². The Labute approximate surface area is 188 Å². The zero-order chi connectivity index (χ0) is 22.3. The highest BCUT2D eigenvalue weighted by Crippen LogP contribution is 2.33. The molecular formula is C28H23N3O. The lowest BCUT2D eigenvalue weighted by Crippen LogP contribution is -2.32. The Morgan fingerprint density at radius 2 is 1.44 bits per heavy atom. The van der Waals surface area contributed by atoms with Crippen LogP contribution < -0.4 is 5.32 Å². The van der Waals surface area contributed by atoms with Crippen LogP contribution in [0.4, 0.5) is 0 Å². The number of hydrogen-bond acceptors (Lipinski definition) is 3. The number of carbonyl (C=O) groups is 1. The van der Waals surface area contributed by atoms with Gasteiger partial charge in [-0.25, -0.2) is 4.99 Å². The summed E-state index contributed by atoms with van der Waals surface area (Å²) in [7, 11) is 0. The highest BCUT2D eigenvalue weighted by atomic mass is 16.1. The highest BCUT2D eigenvalue weighted by molar-refractivity contribution is 5.91. The number of nitrogens with one attached hydrogen (secondary N) is 1. The van der Waals surface area contributed by atoms with Gasteiger partial charge in [0.1, 0.15) is 5.70 Å². The quantitative estimate of drug-likeness (QED) is 0.345. The number of hydrogen-bond donors (Lipinski definition) is 1. The molecule has 3 aromatic carbocycles. The Morgan fingerprint density at radius 1 is 0.906 bits per heavy atom. The maximum Gasteiger partial charge on any atom is 0.220 e. The molecule has 0 bridgehead atoms. The van der Waals surface area contributed by atoms with E-state index in [1.807, 2.05) is 85.8 Å². The smallest absolute Gasteiger partial charge is 0.220 e. The van der Waals surface area contributed by atoms with Crippen LogP contribution in [-0.4, -0.2) is 17.0 Å². The van der Waals surface area contributed by atoms with Gasteiger partial charge in [0.05, 0.1) is 11.4 Å². The Bertz CT molecular complexity index is 1230. The highest BCUT2D eigenvalue weighted by Gasteiger charge is 2.28. The van der Waals surface area contributed by atoms with Crippen LogP contribution >= 0.6 is 0 Å². The second-order valence-electron chi connectivity index (χ2n) is 7.41. The Morgan fingerprint density at radius 3 is 1.97 bits per heavy atom. The van der Waals surface area contributed by atoms with Gasteiger partial charge in [-0.3, -0.25) is 9.69 Å². The second-order valence-corrected chi connectivity index (χ2v) is 7.41. The van der Waals surface area contributed by atoms with Gasteiger partial charge in [0, 0.05) is 23.3 Å². The SMILES string of the molecule is C#CC1=C(c2ccccc2)NC(c2ccccc2)=C(N=C(C)Cc2ccccc2)N1C=O. The van der Waals surface area contributed by atoms with Crippen molar-refractivity contribution >= 4 is 23.5 Å². The predicted molar refractivity (Wildman–Crippen MR) is 130 cm³/mol. The first kappa shape index (κ1) is 20.9. The number of rotatable bonds is 6. The van der Waals surface area contributed by atoms with Crippen molar-refractivity contribution in [1.82, 2.24) is 10.2 Å². The molecule has 0 unspecified atom stereocenters. The molecule has 3 aromatic rings. The van der Waals surface area contributed by atoms with Crippen LogP contribution in [0, 0.1) is 12.3 Å². The fourth-order valence-corrected chi connectivity index (χ4v) is 3.67. The van der Waals surface area contributed by atoms with Gasteiger partial charge >= 0.3 is 0 Å². The summed E-state index contributed by atoms with van der Waals surface area (Å²) in [5, 5.41) is 3.48. The molecule has 156 valence electrons. The molecule has 0 saturated carbocycles. The van der Waals surface area contributed by atoms with Gasteiger partial charge in [-0.2, -0.15) is 0 Å². The molecule has 0 saturated heterocycles. The molecule has 0 fully saturated rings. The van der Waals surface area contributed by atoms with Crippen molar-refractivity contribution in [2.75, 3.05) is 0 Å². The molecule has 1 aliphatic heterocycles. The van der Waals surface area contributed by atoms with Gasteiger partial charge < -0.3 is 5.32 Å². The van der Waals surface area contributed by atoms with Crippen molar-refractivity contribution in [2.45, 2.75) is 13.3 Å². The number of nitrogens with zero attached hydrogens (tertiary/aromatic N) is 2. The number of allylic oxidation sites excluding steroid dienone is 1. The molecule has 1 heterocycles. The van der Waals surface area contributed by atoms with E-state index in [0.717, 1.165) is 34.5 Å². The summed E-state index contributed by atoms with van der Waals surface area (Å²) < 4.78 is 0. The first-order chi connectivity index (χ1) is 15.7. The molecule has 1 aliphatic rings. The zero-order valence-electron chi connectivity index (χ0n) is 17.8. The molecule has 4 nitrogen and oxygen atoms in total. The standard InChI is InChI=1S/C28H23N3O/c1-3-25-26(23-15-9-5-10-16-23)30-27(24-17-11-6-12-18-24)28(31(25)20-32)29-21(2)19-22-13-7-4-8-14-22/h1,4-18,20,30H,19H2,2H3. The van der Waals surface area contributed by atoms with E-state index in [9.17, 15) is 4.79 Å².